The highest BCUT2D eigenvalue weighted by Gasteiger charge is 2.47. The summed E-state index contributed by atoms with van der Waals surface area (Å²) in [5.41, 5.74) is 5.56. The van der Waals surface area contributed by atoms with Crippen molar-refractivity contribution in [2.24, 2.45) is 5.73 Å². The lowest BCUT2D eigenvalue weighted by molar-refractivity contribution is -0.194. The second-order valence-corrected chi connectivity index (χ2v) is 4.31. The van der Waals surface area contributed by atoms with Crippen LogP contribution in [0.25, 0.3) is 0 Å². The van der Waals surface area contributed by atoms with Gasteiger partial charge in [0.05, 0.1) is 0 Å². The molecule has 2 unspecified atom stereocenters. The Bertz CT molecular complexity index is 201. The number of alkyl halides is 3. The third-order valence-electron chi connectivity index (χ3n) is 3.30. The van der Waals surface area contributed by atoms with Crippen LogP contribution in [0.15, 0.2) is 0 Å². The van der Waals surface area contributed by atoms with Crippen molar-refractivity contribution in [1.29, 1.82) is 0 Å². The first kappa shape index (κ1) is 12.8. The topological polar surface area (TPSA) is 29.3 Å². The van der Waals surface area contributed by atoms with E-state index in [0.29, 0.717) is 6.42 Å². The van der Waals surface area contributed by atoms with Gasteiger partial charge < -0.3 is 5.73 Å². The van der Waals surface area contributed by atoms with Crippen LogP contribution in [-0.2, 0) is 0 Å². The van der Waals surface area contributed by atoms with E-state index in [2.05, 4.69) is 0 Å². The molecule has 0 aliphatic heterocycles. The van der Waals surface area contributed by atoms with Crippen LogP contribution in [0, 0.1) is 0 Å². The molecule has 1 aliphatic carbocycles. The van der Waals surface area contributed by atoms with Crippen molar-refractivity contribution in [2.75, 3.05) is 7.05 Å². The van der Waals surface area contributed by atoms with Crippen LogP contribution >= 0.6 is 0 Å². The van der Waals surface area contributed by atoms with E-state index in [-0.39, 0.29) is 6.04 Å². The molecule has 15 heavy (non-hydrogen) atoms. The normalized spacial score (nSPS) is 22.6. The van der Waals surface area contributed by atoms with Crippen LogP contribution in [0.5, 0.6) is 0 Å². The summed E-state index contributed by atoms with van der Waals surface area (Å²) in [4.78, 5) is 1.41. The van der Waals surface area contributed by atoms with Gasteiger partial charge in [-0.15, -0.1) is 0 Å². The van der Waals surface area contributed by atoms with Crippen LogP contribution in [0.3, 0.4) is 0 Å². The Morgan fingerprint density at radius 1 is 1.40 bits per heavy atom. The van der Waals surface area contributed by atoms with Gasteiger partial charge in [-0.2, -0.15) is 13.2 Å². The summed E-state index contributed by atoms with van der Waals surface area (Å²) in [5, 5.41) is 0. The highest BCUT2D eigenvalue weighted by atomic mass is 19.4. The van der Waals surface area contributed by atoms with Gasteiger partial charge in [-0.1, -0.05) is 13.3 Å². The van der Waals surface area contributed by atoms with Gasteiger partial charge in [-0.3, -0.25) is 4.90 Å². The zero-order valence-electron chi connectivity index (χ0n) is 9.22. The van der Waals surface area contributed by atoms with Gasteiger partial charge in [-0.05, 0) is 26.3 Å². The lowest BCUT2D eigenvalue weighted by Gasteiger charge is -2.42. The fourth-order valence-electron chi connectivity index (χ4n) is 2.02. The smallest absolute Gasteiger partial charge is 0.326 e. The predicted molar refractivity (Wildman–Crippen MR) is 53.5 cm³/mol. The van der Waals surface area contributed by atoms with E-state index in [0.717, 1.165) is 19.3 Å². The molecule has 2 nitrogen and oxygen atoms in total. The molecular weight excluding hydrogens is 205 g/mol. The lowest BCUT2D eigenvalue weighted by Crippen LogP contribution is -2.58. The van der Waals surface area contributed by atoms with Gasteiger partial charge in [0.15, 0.2) is 0 Å². The maximum absolute atomic E-state index is 12.8. The summed E-state index contributed by atoms with van der Waals surface area (Å²) in [7, 11) is 1.54. The molecule has 0 saturated heterocycles. The van der Waals surface area contributed by atoms with Gasteiger partial charge in [0, 0.05) is 12.1 Å². The molecule has 1 rings (SSSR count). The molecule has 0 aromatic carbocycles. The number of hydrogen-bond acceptors (Lipinski definition) is 2. The van der Waals surface area contributed by atoms with Crippen LogP contribution in [0.2, 0.25) is 0 Å². The van der Waals surface area contributed by atoms with Gasteiger partial charge in [0.2, 0.25) is 0 Å². The van der Waals surface area contributed by atoms with Crippen molar-refractivity contribution in [3.8, 4) is 0 Å². The first-order chi connectivity index (χ1) is 6.88. The summed E-state index contributed by atoms with van der Waals surface area (Å²) in [5.74, 6) is 0. The van der Waals surface area contributed by atoms with E-state index in [9.17, 15) is 13.2 Å². The Morgan fingerprint density at radius 3 is 2.20 bits per heavy atom. The third-order valence-corrected chi connectivity index (χ3v) is 3.30. The molecule has 0 bridgehead atoms. The zero-order chi connectivity index (χ0) is 11.6. The van der Waals surface area contributed by atoms with Crippen molar-refractivity contribution in [1.82, 2.24) is 4.90 Å². The van der Waals surface area contributed by atoms with E-state index in [1.54, 1.807) is 6.92 Å². The summed E-state index contributed by atoms with van der Waals surface area (Å²) in [6.07, 6.45) is -1.12. The molecule has 1 fully saturated rings. The van der Waals surface area contributed by atoms with E-state index >= 15 is 0 Å². The van der Waals surface area contributed by atoms with Crippen molar-refractivity contribution in [3.05, 3.63) is 0 Å². The molecule has 0 amide bonds. The number of rotatable bonds is 4. The Morgan fingerprint density at radius 2 is 1.93 bits per heavy atom. The first-order valence-electron chi connectivity index (χ1n) is 5.42. The maximum atomic E-state index is 12.8. The lowest BCUT2D eigenvalue weighted by atomic mass is 9.89. The molecule has 0 aromatic rings. The average Bonchev–Trinajstić information content (AvgIpc) is 1.97. The fraction of sp³-hybridized carbons (Fsp3) is 1.00. The summed E-state index contributed by atoms with van der Waals surface area (Å²) >= 11 is 0. The van der Waals surface area contributed by atoms with Crippen LogP contribution in [0.4, 0.5) is 13.2 Å². The molecule has 0 spiro atoms. The van der Waals surface area contributed by atoms with Crippen molar-refractivity contribution < 1.29 is 13.2 Å². The SMILES string of the molecule is CCC(N)C(N(C)C1CCC1)C(F)(F)F. The first-order valence-corrected chi connectivity index (χ1v) is 5.42. The Hall–Kier alpha value is -0.290. The van der Waals surface area contributed by atoms with Crippen LogP contribution in [-0.4, -0.2) is 36.2 Å². The Kier molecular flexibility index (Phi) is 4.00. The van der Waals surface area contributed by atoms with Crippen molar-refractivity contribution in [3.63, 3.8) is 0 Å². The molecule has 2 atom stereocenters. The molecule has 0 radical (unpaired) electrons. The summed E-state index contributed by atoms with van der Waals surface area (Å²) in [6, 6.07) is -2.25. The largest absolute Gasteiger partial charge is 0.405 e. The summed E-state index contributed by atoms with van der Waals surface area (Å²) in [6.45, 7) is 1.69. The quantitative estimate of drug-likeness (QED) is 0.792. The van der Waals surface area contributed by atoms with Crippen LogP contribution in [0.1, 0.15) is 32.6 Å². The minimum absolute atomic E-state index is 0.0641. The predicted octanol–water partition coefficient (Wildman–Crippen LogP) is 2.14. The van der Waals surface area contributed by atoms with Crippen LogP contribution < -0.4 is 5.73 Å². The number of nitrogens with two attached hydrogens (primary N) is 1. The summed E-state index contributed by atoms with van der Waals surface area (Å²) < 4.78 is 38.4. The number of hydrogen-bond donors (Lipinski definition) is 1. The van der Waals surface area contributed by atoms with Gasteiger partial charge >= 0.3 is 6.18 Å². The monoisotopic (exact) mass is 224 g/mol. The molecule has 0 heterocycles. The minimum Gasteiger partial charge on any atom is -0.326 e. The highest BCUT2D eigenvalue weighted by molar-refractivity contribution is 4.91. The number of halogens is 3. The fourth-order valence-corrected chi connectivity index (χ4v) is 2.02. The highest BCUT2D eigenvalue weighted by Crippen LogP contribution is 2.33. The molecule has 0 aromatic heterocycles. The Labute approximate surface area is 88.6 Å². The molecule has 1 aliphatic rings. The zero-order valence-corrected chi connectivity index (χ0v) is 9.22. The standard InChI is InChI=1S/C10H19F3N2/c1-3-8(14)9(10(11,12)13)15(2)7-5-4-6-7/h7-9H,3-6,14H2,1-2H3. The second kappa shape index (κ2) is 4.70. The van der Waals surface area contributed by atoms with Gasteiger partial charge in [-0.25, -0.2) is 0 Å². The average molecular weight is 224 g/mol. The molecular formula is C10H19F3N2. The number of nitrogens with zero attached hydrogens (tertiary/aromatic N) is 1. The van der Waals surface area contributed by atoms with E-state index < -0.39 is 18.3 Å². The van der Waals surface area contributed by atoms with Crippen molar-refractivity contribution >= 4 is 0 Å². The van der Waals surface area contributed by atoms with E-state index in [4.69, 9.17) is 5.73 Å². The molecule has 90 valence electrons. The van der Waals surface area contributed by atoms with E-state index in [1.165, 1.54) is 11.9 Å². The third kappa shape index (κ3) is 2.84. The van der Waals surface area contributed by atoms with Gasteiger partial charge in [0.1, 0.15) is 6.04 Å². The minimum atomic E-state index is -4.22. The number of likely N-dealkylation sites (N-methyl/N-ethyl adjacent to an activating group) is 1. The van der Waals surface area contributed by atoms with Gasteiger partial charge in [0.25, 0.3) is 0 Å². The molecule has 5 heteroatoms. The second-order valence-electron chi connectivity index (χ2n) is 4.31. The Balaban J connectivity index is 2.70. The molecule has 2 N–H and O–H groups in total. The maximum Gasteiger partial charge on any atom is 0.405 e. The van der Waals surface area contributed by atoms with Crippen molar-refractivity contribution in [2.45, 2.75) is 56.9 Å². The van der Waals surface area contributed by atoms with E-state index in [1.807, 2.05) is 0 Å². The molecule has 1 saturated carbocycles.